The second kappa shape index (κ2) is 7.66. The van der Waals surface area contributed by atoms with Crippen molar-refractivity contribution in [3.63, 3.8) is 0 Å². The van der Waals surface area contributed by atoms with E-state index in [0.717, 1.165) is 27.0 Å². The van der Waals surface area contributed by atoms with Crippen molar-refractivity contribution in [3.8, 4) is 11.3 Å². The molecule has 0 aliphatic carbocycles. The molecule has 1 aromatic carbocycles. The second-order valence-electron chi connectivity index (χ2n) is 6.08. The normalized spacial score (nSPS) is 11.2. The molecule has 0 saturated carbocycles. The summed E-state index contributed by atoms with van der Waals surface area (Å²) in [6.07, 6.45) is 1.69. The average Bonchev–Trinajstić information content (AvgIpc) is 3.00. The van der Waals surface area contributed by atoms with Crippen LogP contribution in [0.2, 0.25) is 0 Å². The van der Waals surface area contributed by atoms with Crippen molar-refractivity contribution in [1.82, 2.24) is 9.88 Å². The van der Waals surface area contributed by atoms with Gasteiger partial charge in [-0.2, -0.15) is 0 Å². The van der Waals surface area contributed by atoms with Gasteiger partial charge in [0.2, 0.25) is 0 Å². The molecular formula is C20H21N3O2S. The van der Waals surface area contributed by atoms with Crippen LogP contribution in [0.15, 0.2) is 41.4 Å². The Morgan fingerprint density at radius 3 is 2.69 bits per heavy atom. The molecule has 0 unspecified atom stereocenters. The third-order valence-corrected chi connectivity index (χ3v) is 4.84. The third kappa shape index (κ3) is 3.60. The van der Waals surface area contributed by atoms with Gasteiger partial charge in [-0.05, 0) is 25.5 Å². The van der Waals surface area contributed by atoms with E-state index in [1.54, 1.807) is 13.3 Å². The number of pyridine rings is 1. The molecular weight excluding hydrogens is 346 g/mol. The van der Waals surface area contributed by atoms with Crippen LogP contribution in [0, 0.1) is 6.92 Å². The van der Waals surface area contributed by atoms with Crippen molar-refractivity contribution in [2.75, 3.05) is 20.7 Å². The molecule has 0 spiro atoms. The zero-order valence-electron chi connectivity index (χ0n) is 15.3. The lowest BCUT2D eigenvalue weighted by Gasteiger charge is -2.06. The molecule has 3 aromatic rings. The van der Waals surface area contributed by atoms with Crippen LogP contribution in [0.4, 0.5) is 5.69 Å². The Hall–Kier alpha value is -2.73. The molecule has 5 nitrogen and oxygen atoms in total. The van der Waals surface area contributed by atoms with E-state index in [1.165, 1.54) is 11.3 Å². The number of thiophene rings is 1. The van der Waals surface area contributed by atoms with Gasteiger partial charge in [-0.1, -0.05) is 30.3 Å². The first-order chi connectivity index (χ1) is 12.5. The number of nitrogens with zero attached hydrogens (tertiary/aromatic N) is 3. The first-order valence-corrected chi connectivity index (χ1v) is 9.20. The number of hydrogen-bond acceptors (Lipinski definition) is 5. The molecule has 0 radical (unpaired) electrons. The van der Waals surface area contributed by atoms with Crippen LogP contribution in [-0.4, -0.2) is 42.9 Å². The van der Waals surface area contributed by atoms with Gasteiger partial charge >= 0.3 is 5.97 Å². The molecule has 0 aliphatic heterocycles. The van der Waals surface area contributed by atoms with Crippen LogP contribution in [0.25, 0.3) is 21.5 Å². The van der Waals surface area contributed by atoms with E-state index < -0.39 is 0 Å². The lowest BCUT2D eigenvalue weighted by atomic mass is 10.1. The summed E-state index contributed by atoms with van der Waals surface area (Å²) in [4.78, 5) is 24.8. The van der Waals surface area contributed by atoms with E-state index in [-0.39, 0.29) is 5.97 Å². The van der Waals surface area contributed by atoms with Crippen molar-refractivity contribution in [1.29, 1.82) is 0 Å². The Morgan fingerprint density at radius 2 is 2.04 bits per heavy atom. The highest BCUT2D eigenvalue weighted by Crippen LogP contribution is 2.40. The van der Waals surface area contributed by atoms with Gasteiger partial charge in [0, 0.05) is 25.0 Å². The predicted molar refractivity (Wildman–Crippen MR) is 108 cm³/mol. The van der Waals surface area contributed by atoms with Crippen molar-refractivity contribution in [2.45, 2.75) is 13.8 Å². The number of benzene rings is 1. The van der Waals surface area contributed by atoms with Gasteiger partial charge in [0.1, 0.15) is 9.71 Å². The fourth-order valence-corrected chi connectivity index (χ4v) is 3.74. The number of aromatic nitrogens is 1. The van der Waals surface area contributed by atoms with Gasteiger partial charge in [0.15, 0.2) is 0 Å². The van der Waals surface area contributed by atoms with Crippen LogP contribution in [0.1, 0.15) is 22.2 Å². The summed E-state index contributed by atoms with van der Waals surface area (Å²) < 4.78 is 5.22. The fraction of sp³-hybridized carbons (Fsp3) is 0.250. The first-order valence-electron chi connectivity index (χ1n) is 8.38. The number of carbonyl (C=O) groups excluding carboxylic acids is 1. The van der Waals surface area contributed by atoms with Crippen LogP contribution >= 0.6 is 11.3 Å². The van der Waals surface area contributed by atoms with E-state index in [0.29, 0.717) is 17.2 Å². The number of esters is 1. The van der Waals surface area contributed by atoms with E-state index in [2.05, 4.69) is 4.99 Å². The summed E-state index contributed by atoms with van der Waals surface area (Å²) in [5.74, 6) is -0.359. The molecule has 0 fully saturated rings. The summed E-state index contributed by atoms with van der Waals surface area (Å²) >= 11 is 1.33. The number of hydrogen-bond donors (Lipinski definition) is 0. The molecule has 6 heteroatoms. The molecule has 2 aromatic heterocycles. The van der Waals surface area contributed by atoms with Gasteiger partial charge in [-0.25, -0.2) is 14.8 Å². The number of rotatable bonds is 5. The molecule has 134 valence electrons. The Morgan fingerprint density at radius 1 is 1.31 bits per heavy atom. The second-order valence-corrected chi connectivity index (χ2v) is 7.08. The highest BCUT2D eigenvalue weighted by atomic mass is 32.1. The van der Waals surface area contributed by atoms with Crippen molar-refractivity contribution in [2.24, 2.45) is 4.99 Å². The number of aryl methyl sites for hydroxylation is 1. The van der Waals surface area contributed by atoms with Gasteiger partial charge in [0.25, 0.3) is 0 Å². The predicted octanol–water partition coefficient (Wildman–Crippen LogP) is 4.67. The van der Waals surface area contributed by atoms with E-state index in [9.17, 15) is 4.79 Å². The Bertz CT molecular complexity index is 962. The smallest absolute Gasteiger partial charge is 0.350 e. The summed E-state index contributed by atoms with van der Waals surface area (Å²) in [6.45, 7) is 4.14. The summed E-state index contributed by atoms with van der Waals surface area (Å²) in [6, 6.07) is 12.0. The topological polar surface area (TPSA) is 54.8 Å². The fourth-order valence-electron chi connectivity index (χ4n) is 2.65. The molecule has 0 bridgehead atoms. The summed E-state index contributed by atoms with van der Waals surface area (Å²) in [5.41, 5.74) is 3.59. The minimum Gasteiger partial charge on any atom is -0.462 e. The van der Waals surface area contributed by atoms with Crippen LogP contribution in [0.3, 0.4) is 0 Å². The van der Waals surface area contributed by atoms with Gasteiger partial charge in [-0.3, -0.25) is 0 Å². The Labute approximate surface area is 157 Å². The number of carbonyl (C=O) groups is 1. The van der Waals surface area contributed by atoms with Crippen molar-refractivity contribution in [3.05, 3.63) is 46.8 Å². The zero-order valence-corrected chi connectivity index (χ0v) is 16.1. The minimum atomic E-state index is -0.359. The van der Waals surface area contributed by atoms with Crippen molar-refractivity contribution >= 4 is 39.5 Å². The molecule has 0 saturated heterocycles. The highest BCUT2D eigenvalue weighted by Gasteiger charge is 2.22. The maximum absolute atomic E-state index is 12.4. The largest absolute Gasteiger partial charge is 0.462 e. The molecule has 0 amide bonds. The van der Waals surface area contributed by atoms with Gasteiger partial charge in [0.05, 0.1) is 24.3 Å². The quantitative estimate of drug-likeness (QED) is 0.374. The first kappa shape index (κ1) is 18.1. The molecule has 0 aliphatic rings. The number of ether oxygens (including phenoxy) is 1. The number of aliphatic imine (C=N–C) groups is 1. The average molecular weight is 367 g/mol. The summed E-state index contributed by atoms with van der Waals surface area (Å²) in [5, 5.41) is 0.899. The Balaban J connectivity index is 2.21. The van der Waals surface area contributed by atoms with Gasteiger partial charge in [-0.15, -0.1) is 11.3 Å². The lowest BCUT2D eigenvalue weighted by Crippen LogP contribution is -2.07. The standard InChI is InChI=1S/C20H21N3O2S/c1-5-25-20(24)18-17(21-12-23(3)4)16-13(2)11-15(22-19(16)26-18)14-9-7-6-8-10-14/h6-12H,5H2,1-4H3. The minimum absolute atomic E-state index is 0.325. The number of fused-ring (bicyclic) bond motifs is 1. The van der Waals surface area contributed by atoms with Crippen LogP contribution in [-0.2, 0) is 4.74 Å². The van der Waals surface area contributed by atoms with Crippen LogP contribution < -0.4 is 0 Å². The maximum atomic E-state index is 12.4. The monoisotopic (exact) mass is 367 g/mol. The van der Waals surface area contributed by atoms with Gasteiger partial charge < -0.3 is 9.64 Å². The maximum Gasteiger partial charge on any atom is 0.350 e. The van der Waals surface area contributed by atoms with E-state index in [1.807, 2.05) is 62.3 Å². The molecule has 26 heavy (non-hydrogen) atoms. The summed E-state index contributed by atoms with van der Waals surface area (Å²) in [7, 11) is 3.78. The van der Waals surface area contributed by atoms with Crippen molar-refractivity contribution < 1.29 is 9.53 Å². The molecule has 0 atom stereocenters. The van der Waals surface area contributed by atoms with E-state index in [4.69, 9.17) is 9.72 Å². The zero-order chi connectivity index (χ0) is 18.7. The molecule has 3 rings (SSSR count). The van der Waals surface area contributed by atoms with Crippen LogP contribution in [0.5, 0.6) is 0 Å². The molecule has 2 heterocycles. The SMILES string of the molecule is CCOC(=O)c1sc2nc(-c3ccccc3)cc(C)c2c1N=CN(C)C. The van der Waals surface area contributed by atoms with E-state index >= 15 is 0 Å². The highest BCUT2D eigenvalue weighted by molar-refractivity contribution is 7.21. The molecule has 0 N–H and O–H groups in total. The third-order valence-electron chi connectivity index (χ3n) is 3.78. The lowest BCUT2D eigenvalue weighted by molar-refractivity contribution is 0.0533. The Kier molecular flexibility index (Phi) is 5.32.